The van der Waals surface area contributed by atoms with Crippen molar-refractivity contribution in [1.29, 1.82) is 0 Å². The molecule has 3 N–H and O–H groups in total. The van der Waals surface area contributed by atoms with Crippen LogP contribution in [-0.2, 0) is 4.79 Å². The molecule has 2 aromatic rings. The maximum absolute atomic E-state index is 12.1. The minimum atomic E-state index is -0.261. The van der Waals surface area contributed by atoms with Crippen LogP contribution in [0.4, 0.5) is 11.4 Å². The first-order valence-electron chi connectivity index (χ1n) is 7.87. The van der Waals surface area contributed by atoms with Gasteiger partial charge in [0.1, 0.15) is 11.5 Å². The van der Waals surface area contributed by atoms with Crippen molar-refractivity contribution in [2.75, 3.05) is 24.8 Å². The Morgan fingerprint density at radius 2 is 1.96 bits per heavy atom. The number of nitrogens with two attached hydrogens (primary N) is 1. The minimum absolute atomic E-state index is 0.0748. The van der Waals surface area contributed by atoms with E-state index in [2.05, 4.69) is 19.2 Å². The third kappa shape index (κ3) is 4.41. The molecule has 2 aromatic carbocycles. The Bertz CT molecular complexity index is 727. The minimum Gasteiger partial charge on any atom is -0.497 e. The Morgan fingerprint density at radius 1 is 1.21 bits per heavy atom. The lowest BCUT2D eigenvalue weighted by molar-refractivity contribution is -0.118. The SMILES string of the molecule is COc1ccc(NC(=O)COc2cc(C)ccc2C(C)C)c(N)c1. The van der Waals surface area contributed by atoms with Gasteiger partial charge in [0.2, 0.25) is 0 Å². The molecular formula is C19H24N2O3. The predicted molar refractivity (Wildman–Crippen MR) is 96.8 cm³/mol. The standard InChI is InChI=1S/C19H24N2O3/c1-12(2)15-7-5-13(3)9-18(15)24-11-19(22)21-17-8-6-14(23-4)10-16(17)20/h5-10,12H,11,20H2,1-4H3,(H,21,22). The van der Waals surface area contributed by atoms with Crippen LogP contribution in [0, 0.1) is 6.92 Å². The molecule has 5 heteroatoms. The van der Waals surface area contributed by atoms with E-state index in [1.54, 1.807) is 25.3 Å². The molecule has 0 heterocycles. The van der Waals surface area contributed by atoms with E-state index in [-0.39, 0.29) is 12.5 Å². The highest BCUT2D eigenvalue weighted by Crippen LogP contribution is 2.28. The molecule has 2 rings (SSSR count). The molecule has 0 aliphatic heterocycles. The number of nitrogens with one attached hydrogen (secondary N) is 1. The predicted octanol–water partition coefficient (Wildman–Crippen LogP) is 3.73. The summed E-state index contributed by atoms with van der Waals surface area (Å²) in [4.78, 5) is 12.1. The number of carbonyl (C=O) groups is 1. The number of methoxy groups -OCH3 is 1. The van der Waals surface area contributed by atoms with E-state index in [1.807, 2.05) is 25.1 Å². The van der Waals surface area contributed by atoms with Gasteiger partial charge >= 0.3 is 0 Å². The van der Waals surface area contributed by atoms with Gasteiger partial charge in [-0.3, -0.25) is 4.79 Å². The van der Waals surface area contributed by atoms with Crippen molar-refractivity contribution in [2.24, 2.45) is 0 Å². The second kappa shape index (κ2) is 7.73. The molecule has 128 valence electrons. The summed E-state index contributed by atoms with van der Waals surface area (Å²) in [7, 11) is 1.56. The number of amides is 1. The van der Waals surface area contributed by atoms with E-state index >= 15 is 0 Å². The molecule has 0 fully saturated rings. The van der Waals surface area contributed by atoms with Crippen molar-refractivity contribution in [2.45, 2.75) is 26.7 Å². The maximum atomic E-state index is 12.1. The van der Waals surface area contributed by atoms with E-state index in [9.17, 15) is 4.79 Å². The molecule has 0 aliphatic rings. The van der Waals surface area contributed by atoms with Crippen molar-refractivity contribution in [1.82, 2.24) is 0 Å². The average molecular weight is 328 g/mol. The highest BCUT2D eigenvalue weighted by atomic mass is 16.5. The van der Waals surface area contributed by atoms with Crippen molar-refractivity contribution in [3.63, 3.8) is 0 Å². The van der Waals surface area contributed by atoms with Gasteiger partial charge in [-0.15, -0.1) is 0 Å². The van der Waals surface area contributed by atoms with Crippen molar-refractivity contribution in [3.8, 4) is 11.5 Å². The summed E-state index contributed by atoms with van der Waals surface area (Å²) in [6.07, 6.45) is 0. The number of carbonyl (C=O) groups excluding carboxylic acids is 1. The highest BCUT2D eigenvalue weighted by Gasteiger charge is 2.11. The Morgan fingerprint density at radius 3 is 2.58 bits per heavy atom. The quantitative estimate of drug-likeness (QED) is 0.793. The van der Waals surface area contributed by atoms with Gasteiger partial charge in [-0.2, -0.15) is 0 Å². The molecule has 0 aromatic heterocycles. The summed E-state index contributed by atoms with van der Waals surface area (Å²) in [5.74, 6) is 1.44. The van der Waals surface area contributed by atoms with E-state index in [4.69, 9.17) is 15.2 Å². The monoisotopic (exact) mass is 328 g/mol. The number of hydrogen-bond acceptors (Lipinski definition) is 4. The van der Waals surface area contributed by atoms with E-state index in [0.29, 0.717) is 23.0 Å². The van der Waals surface area contributed by atoms with Crippen molar-refractivity contribution < 1.29 is 14.3 Å². The first-order chi connectivity index (χ1) is 11.4. The number of anilines is 2. The fourth-order valence-corrected chi connectivity index (χ4v) is 2.35. The van der Waals surface area contributed by atoms with Gasteiger partial charge in [-0.25, -0.2) is 0 Å². The van der Waals surface area contributed by atoms with Crippen molar-refractivity contribution >= 4 is 17.3 Å². The van der Waals surface area contributed by atoms with Gasteiger partial charge in [0, 0.05) is 6.07 Å². The van der Waals surface area contributed by atoms with Crippen LogP contribution in [-0.4, -0.2) is 19.6 Å². The van der Waals surface area contributed by atoms with Crippen LogP contribution in [0.3, 0.4) is 0 Å². The van der Waals surface area contributed by atoms with Gasteiger partial charge < -0.3 is 20.5 Å². The number of ether oxygens (including phenoxy) is 2. The Balaban J connectivity index is 2.02. The fourth-order valence-electron chi connectivity index (χ4n) is 2.35. The lowest BCUT2D eigenvalue weighted by atomic mass is 10.0. The molecule has 0 bridgehead atoms. The lowest BCUT2D eigenvalue weighted by Gasteiger charge is -2.15. The maximum Gasteiger partial charge on any atom is 0.262 e. The summed E-state index contributed by atoms with van der Waals surface area (Å²) in [6.45, 7) is 6.11. The molecule has 0 saturated carbocycles. The van der Waals surface area contributed by atoms with E-state index in [1.165, 1.54) is 0 Å². The summed E-state index contributed by atoms with van der Waals surface area (Å²) >= 11 is 0. The Kier molecular flexibility index (Phi) is 5.68. The molecule has 1 amide bonds. The average Bonchev–Trinajstić information content (AvgIpc) is 2.54. The zero-order valence-corrected chi connectivity index (χ0v) is 14.6. The van der Waals surface area contributed by atoms with Crippen molar-refractivity contribution in [3.05, 3.63) is 47.5 Å². The molecule has 0 spiro atoms. The molecule has 5 nitrogen and oxygen atoms in total. The fraction of sp³-hybridized carbons (Fsp3) is 0.316. The summed E-state index contributed by atoms with van der Waals surface area (Å²) in [5.41, 5.74) is 9.06. The largest absolute Gasteiger partial charge is 0.497 e. The van der Waals surface area contributed by atoms with Crippen LogP contribution in [0.25, 0.3) is 0 Å². The van der Waals surface area contributed by atoms with Gasteiger partial charge in [0.15, 0.2) is 6.61 Å². The molecule has 0 saturated heterocycles. The number of benzene rings is 2. The smallest absolute Gasteiger partial charge is 0.262 e. The first kappa shape index (κ1) is 17.7. The van der Waals surface area contributed by atoms with E-state index in [0.717, 1.165) is 16.9 Å². The normalized spacial score (nSPS) is 10.5. The molecule has 0 atom stereocenters. The Hall–Kier alpha value is -2.69. The van der Waals surface area contributed by atoms with Gasteiger partial charge in [-0.1, -0.05) is 26.0 Å². The molecule has 0 unspecified atom stereocenters. The molecular weight excluding hydrogens is 304 g/mol. The van der Waals surface area contributed by atoms with Crippen LogP contribution >= 0.6 is 0 Å². The third-order valence-corrected chi connectivity index (χ3v) is 3.68. The second-order valence-electron chi connectivity index (χ2n) is 5.99. The number of nitrogen functional groups attached to an aromatic ring is 1. The van der Waals surface area contributed by atoms with E-state index < -0.39 is 0 Å². The topological polar surface area (TPSA) is 73.6 Å². The van der Waals surface area contributed by atoms with Crippen LogP contribution in [0.1, 0.15) is 30.9 Å². The van der Waals surface area contributed by atoms with Crippen LogP contribution < -0.4 is 20.5 Å². The Labute approximate surface area is 142 Å². The highest BCUT2D eigenvalue weighted by molar-refractivity contribution is 5.95. The molecule has 0 aliphatic carbocycles. The number of rotatable bonds is 6. The van der Waals surface area contributed by atoms with Crippen LogP contribution in [0.2, 0.25) is 0 Å². The van der Waals surface area contributed by atoms with Gasteiger partial charge in [-0.05, 0) is 42.2 Å². The molecule has 24 heavy (non-hydrogen) atoms. The van der Waals surface area contributed by atoms with Gasteiger partial charge in [0.25, 0.3) is 5.91 Å². The summed E-state index contributed by atoms with van der Waals surface area (Å²) in [6, 6.07) is 11.1. The second-order valence-corrected chi connectivity index (χ2v) is 5.99. The number of hydrogen-bond donors (Lipinski definition) is 2. The zero-order valence-electron chi connectivity index (χ0n) is 14.6. The first-order valence-corrected chi connectivity index (χ1v) is 7.87. The van der Waals surface area contributed by atoms with Gasteiger partial charge in [0.05, 0.1) is 18.5 Å². The number of aryl methyl sites for hydroxylation is 1. The lowest BCUT2D eigenvalue weighted by Crippen LogP contribution is -2.21. The van der Waals surface area contributed by atoms with Crippen LogP contribution in [0.15, 0.2) is 36.4 Å². The van der Waals surface area contributed by atoms with Crippen LogP contribution in [0.5, 0.6) is 11.5 Å². The summed E-state index contributed by atoms with van der Waals surface area (Å²) in [5, 5.41) is 2.75. The zero-order chi connectivity index (χ0) is 17.7. The summed E-state index contributed by atoms with van der Waals surface area (Å²) < 4.78 is 10.8. The molecule has 0 radical (unpaired) electrons. The third-order valence-electron chi connectivity index (χ3n) is 3.68.